The van der Waals surface area contributed by atoms with Crippen molar-refractivity contribution in [3.05, 3.63) is 70.8 Å². The molecule has 7 heteroatoms. The lowest BCUT2D eigenvalue weighted by Crippen LogP contribution is -2.35. The highest BCUT2D eigenvalue weighted by Gasteiger charge is 2.12. The summed E-state index contributed by atoms with van der Waals surface area (Å²) in [5, 5.41) is 5.88. The zero-order valence-corrected chi connectivity index (χ0v) is 16.6. The molecule has 2 aromatic rings. The van der Waals surface area contributed by atoms with Gasteiger partial charge in [-0.05, 0) is 35.7 Å². The molecule has 0 aromatic heterocycles. The van der Waals surface area contributed by atoms with Gasteiger partial charge in [-0.25, -0.2) is 8.78 Å². The van der Waals surface area contributed by atoms with Gasteiger partial charge in [0.05, 0.1) is 19.8 Å². The van der Waals surface area contributed by atoms with Gasteiger partial charge in [-0.1, -0.05) is 30.3 Å². The van der Waals surface area contributed by atoms with Gasteiger partial charge in [0.2, 0.25) is 5.91 Å². The van der Waals surface area contributed by atoms with Crippen molar-refractivity contribution in [2.24, 2.45) is 0 Å². The summed E-state index contributed by atoms with van der Waals surface area (Å²) < 4.78 is 31.7. The Labute approximate surface area is 170 Å². The topological polar surface area (TPSA) is 53.6 Å². The second-order valence-electron chi connectivity index (χ2n) is 7.26. The molecule has 1 aliphatic heterocycles. The van der Waals surface area contributed by atoms with Crippen LogP contribution in [0.25, 0.3) is 0 Å². The van der Waals surface area contributed by atoms with Crippen LogP contribution in [-0.2, 0) is 22.6 Å². The van der Waals surface area contributed by atoms with Crippen LogP contribution >= 0.6 is 0 Å². The second-order valence-corrected chi connectivity index (χ2v) is 7.26. The van der Waals surface area contributed by atoms with Crippen molar-refractivity contribution in [1.82, 2.24) is 15.5 Å². The molecule has 29 heavy (non-hydrogen) atoms. The van der Waals surface area contributed by atoms with Crippen LogP contribution in [-0.4, -0.2) is 43.7 Å². The first-order valence-electron chi connectivity index (χ1n) is 9.84. The fourth-order valence-electron chi connectivity index (χ4n) is 3.19. The monoisotopic (exact) mass is 403 g/mol. The molecule has 0 unspecified atom stereocenters. The molecule has 2 aromatic carbocycles. The number of ether oxygens (including phenoxy) is 1. The summed E-state index contributed by atoms with van der Waals surface area (Å²) in [4.78, 5) is 14.4. The number of amides is 1. The number of rotatable bonds is 8. The summed E-state index contributed by atoms with van der Waals surface area (Å²) in [5.41, 5.74) is 2.86. The lowest BCUT2D eigenvalue weighted by atomic mass is 10.1. The minimum atomic E-state index is -0.891. The van der Waals surface area contributed by atoms with Crippen molar-refractivity contribution < 1.29 is 18.3 Å². The summed E-state index contributed by atoms with van der Waals surface area (Å²) in [6.07, 6.45) is 0. The van der Waals surface area contributed by atoms with E-state index in [1.165, 1.54) is 11.6 Å². The Morgan fingerprint density at radius 3 is 2.45 bits per heavy atom. The van der Waals surface area contributed by atoms with Gasteiger partial charge in [-0.15, -0.1) is 0 Å². The molecule has 0 bridgehead atoms. The normalized spacial score (nSPS) is 15.8. The minimum Gasteiger partial charge on any atom is -0.379 e. The highest BCUT2D eigenvalue weighted by atomic mass is 19.2. The van der Waals surface area contributed by atoms with E-state index < -0.39 is 11.6 Å². The van der Waals surface area contributed by atoms with Gasteiger partial charge >= 0.3 is 0 Å². The van der Waals surface area contributed by atoms with Crippen LogP contribution in [0.15, 0.2) is 42.5 Å². The van der Waals surface area contributed by atoms with E-state index in [4.69, 9.17) is 4.74 Å². The van der Waals surface area contributed by atoms with Crippen molar-refractivity contribution >= 4 is 5.91 Å². The molecule has 1 aliphatic rings. The number of nitrogens with one attached hydrogen (secondary N) is 2. The summed E-state index contributed by atoms with van der Waals surface area (Å²) >= 11 is 0. The van der Waals surface area contributed by atoms with E-state index in [1.54, 1.807) is 6.92 Å². The van der Waals surface area contributed by atoms with E-state index in [1.807, 2.05) is 12.1 Å². The first-order chi connectivity index (χ1) is 14.0. The van der Waals surface area contributed by atoms with Gasteiger partial charge in [0.15, 0.2) is 11.6 Å². The molecular weight excluding hydrogens is 376 g/mol. The lowest BCUT2D eigenvalue weighted by Gasteiger charge is -2.26. The van der Waals surface area contributed by atoms with Crippen LogP contribution in [0.2, 0.25) is 0 Å². The fraction of sp³-hybridized carbons (Fsp3) is 0.409. The summed E-state index contributed by atoms with van der Waals surface area (Å²) in [6, 6.07) is 11.7. The molecule has 1 heterocycles. The molecule has 1 amide bonds. The van der Waals surface area contributed by atoms with E-state index in [0.717, 1.165) is 50.5 Å². The maximum Gasteiger partial charge on any atom is 0.234 e. The van der Waals surface area contributed by atoms with Crippen LogP contribution in [0.3, 0.4) is 0 Å². The van der Waals surface area contributed by atoms with Crippen molar-refractivity contribution in [1.29, 1.82) is 0 Å². The molecular formula is C22H27F2N3O2. The molecule has 0 spiro atoms. The first-order valence-corrected chi connectivity index (χ1v) is 9.84. The number of benzene rings is 2. The highest BCUT2D eigenvalue weighted by molar-refractivity contribution is 5.78. The molecule has 3 rings (SSSR count). The van der Waals surface area contributed by atoms with Crippen LogP contribution in [0.1, 0.15) is 29.7 Å². The van der Waals surface area contributed by atoms with Gasteiger partial charge < -0.3 is 15.4 Å². The lowest BCUT2D eigenvalue weighted by molar-refractivity contribution is -0.120. The van der Waals surface area contributed by atoms with Crippen LogP contribution in [0, 0.1) is 11.6 Å². The SMILES string of the molecule is C[C@H](NCC(=O)NCc1ccc(CN2CCOCC2)cc1)c1ccc(F)c(F)c1. The molecule has 5 nitrogen and oxygen atoms in total. The maximum atomic E-state index is 13.3. The van der Waals surface area contributed by atoms with Crippen molar-refractivity contribution in [3.63, 3.8) is 0 Å². The van der Waals surface area contributed by atoms with E-state index in [0.29, 0.717) is 12.1 Å². The smallest absolute Gasteiger partial charge is 0.234 e. The average molecular weight is 403 g/mol. The molecule has 0 saturated carbocycles. The van der Waals surface area contributed by atoms with Gasteiger partial charge in [0.1, 0.15) is 0 Å². The summed E-state index contributed by atoms with van der Waals surface area (Å²) in [5.74, 6) is -1.93. The van der Waals surface area contributed by atoms with E-state index in [9.17, 15) is 13.6 Å². The van der Waals surface area contributed by atoms with Gasteiger partial charge in [-0.2, -0.15) is 0 Å². The average Bonchev–Trinajstić information content (AvgIpc) is 2.74. The maximum absolute atomic E-state index is 13.3. The largest absolute Gasteiger partial charge is 0.379 e. The van der Waals surface area contributed by atoms with Gasteiger partial charge in [0, 0.05) is 32.2 Å². The zero-order valence-electron chi connectivity index (χ0n) is 16.6. The second kappa shape index (κ2) is 10.4. The molecule has 1 fully saturated rings. The van der Waals surface area contributed by atoms with E-state index >= 15 is 0 Å². The summed E-state index contributed by atoms with van der Waals surface area (Å²) in [6.45, 7) is 6.71. The Bertz CT molecular complexity index is 808. The predicted octanol–water partition coefficient (Wildman–Crippen LogP) is 2.76. The number of hydrogen-bond acceptors (Lipinski definition) is 4. The Morgan fingerprint density at radius 2 is 1.76 bits per heavy atom. The minimum absolute atomic E-state index is 0.0925. The van der Waals surface area contributed by atoms with Crippen molar-refractivity contribution in [3.8, 4) is 0 Å². The number of nitrogens with zero attached hydrogens (tertiary/aromatic N) is 1. The molecule has 1 saturated heterocycles. The number of carbonyl (C=O) groups is 1. The molecule has 1 atom stereocenters. The number of carbonyl (C=O) groups excluding carboxylic acids is 1. The third kappa shape index (κ3) is 6.59. The molecule has 0 aliphatic carbocycles. The first kappa shape index (κ1) is 21.4. The van der Waals surface area contributed by atoms with Crippen molar-refractivity contribution in [2.45, 2.75) is 26.1 Å². The van der Waals surface area contributed by atoms with Crippen LogP contribution in [0.4, 0.5) is 8.78 Å². The number of hydrogen-bond donors (Lipinski definition) is 2. The molecule has 2 N–H and O–H groups in total. The Hall–Kier alpha value is -2.35. The fourth-order valence-corrected chi connectivity index (χ4v) is 3.19. The number of halogens is 2. The highest BCUT2D eigenvalue weighted by Crippen LogP contribution is 2.15. The third-order valence-electron chi connectivity index (χ3n) is 5.04. The zero-order chi connectivity index (χ0) is 20.6. The van der Waals surface area contributed by atoms with Crippen molar-refractivity contribution in [2.75, 3.05) is 32.8 Å². The van der Waals surface area contributed by atoms with Gasteiger partial charge in [-0.3, -0.25) is 9.69 Å². The standard InChI is InChI=1S/C22H27F2N3O2/c1-16(19-6-7-20(23)21(24)12-19)25-14-22(28)26-13-17-2-4-18(5-3-17)15-27-8-10-29-11-9-27/h2-7,12,16,25H,8-11,13-15H2,1H3,(H,26,28)/t16-/m0/s1. The van der Waals surface area contributed by atoms with Gasteiger partial charge in [0.25, 0.3) is 0 Å². The van der Waals surface area contributed by atoms with E-state index in [-0.39, 0.29) is 18.5 Å². The predicted molar refractivity (Wildman–Crippen MR) is 107 cm³/mol. The van der Waals surface area contributed by atoms with E-state index in [2.05, 4.69) is 27.7 Å². The Balaban J connectivity index is 1.40. The Morgan fingerprint density at radius 1 is 1.07 bits per heavy atom. The van der Waals surface area contributed by atoms with Crippen LogP contribution < -0.4 is 10.6 Å². The Kier molecular flexibility index (Phi) is 7.69. The molecule has 156 valence electrons. The van der Waals surface area contributed by atoms with Crippen LogP contribution in [0.5, 0.6) is 0 Å². The number of morpholine rings is 1. The summed E-state index contributed by atoms with van der Waals surface area (Å²) in [7, 11) is 0. The molecule has 0 radical (unpaired) electrons. The quantitative estimate of drug-likeness (QED) is 0.712. The third-order valence-corrected chi connectivity index (χ3v) is 5.04.